The largest absolute Gasteiger partial charge is 0.369 e. The Morgan fingerprint density at radius 3 is 1.42 bits per heavy atom. The lowest BCUT2D eigenvalue weighted by Crippen LogP contribution is -2.14. The number of ketones is 1. The van der Waals surface area contributed by atoms with Gasteiger partial charge in [0.1, 0.15) is 6.10 Å². The second-order valence-electron chi connectivity index (χ2n) is 6.55. The molecule has 4 heteroatoms. The van der Waals surface area contributed by atoms with Gasteiger partial charge in [-0.05, 0) is 29.8 Å². The Balaban J connectivity index is 0.000000179. The number of Topliss-reactive ketones (excluding diaryl/α,β-unsaturated/α-hetero) is 1. The van der Waals surface area contributed by atoms with Crippen molar-refractivity contribution in [2.45, 2.75) is 15.9 Å². The zero-order chi connectivity index (χ0) is 21.7. The smallest absolute Gasteiger partial charge is 0.196 e. The van der Waals surface area contributed by atoms with Gasteiger partial charge in [-0.15, -0.1) is 0 Å². The van der Waals surface area contributed by atoms with Crippen LogP contribution in [0.25, 0.3) is 0 Å². The number of ether oxygens (including phenoxy) is 1. The fraction of sp³-hybridized carbons (Fsp3) is 0.0741. The van der Waals surface area contributed by atoms with Crippen LogP contribution in [0.1, 0.15) is 22.0 Å². The van der Waals surface area contributed by atoms with E-state index in [-0.39, 0.29) is 5.78 Å². The van der Waals surface area contributed by atoms with Crippen LogP contribution in [0, 0.1) is 0 Å². The van der Waals surface area contributed by atoms with Gasteiger partial charge in [0, 0.05) is 22.5 Å². The predicted molar refractivity (Wildman–Crippen MR) is 132 cm³/mol. The quantitative estimate of drug-likeness (QED) is 0.215. The molecule has 4 aromatic rings. The molecule has 0 aliphatic carbocycles. The SMILES string of the molecule is COC(C(=O)c1ccccc1)c1ccccc1.c1ccc(SSc2ccccc2)cc1. The summed E-state index contributed by atoms with van der Waals surface area (Å²) in [6.07, 6.45) is -0.529. The van der Waals surface area contributed by atoms with E-state index in [1.165, 1.54) is 9.79 Å². The highest BCUT2D eigenvalue weighted by atomic mass is 33.1. The van der Waals surface area contributed by atoms with Crippen molar-refractivity contribution in [3.05, 3.63) is 132 Å². The van der Waals surface area contributed by atoms with Crippen LogP contribution in [0.3, 0.4) is 0 Å². The van der Waals surface area contributed by atoms with Gasteiger partial charge in [0.25, 0.3) is 0 Å². The lowest BCUT2D eigenvalue weighted by atomic mass is 10.00. The van der Waals surface area contributed by atoms with Gasteiger partial charge in [-0.1, -0.05) is 119 Å². The Bertz CT molecular complexity index is 984. The number of rotatable bonds is 7. The average molecular weight is 445 g/mol. The number of carbonyl (C=O) groups is 1. The van der Waals surface area contributed by atoms with Crippen LogP contribution in [0.4, 0.5) is 0 Å². The predicted octanol–water partition coefficient (Wildman–Crippen LogP) is 7.74. The summed E-state index contributed by atoms with van der Waals surface area (Å²) in [7, 11) is 5.13. The van der Waals surface area contributed by atoms with E-state index in [4.69, 9.17) is 4.74 Å². The maximum absolute atomic E-state index is 12.3. The van der Waals surface area contributed by atoms with Gasteiger partial charge in [-0.25, -0.2) is 0 Å². The van der Waals surface area contributed by atoms with Gasteiger partial charge in [0.15, 0.2) is 5.78 Å². The summed E-state index contributed by atoms with van der Waals surface area (Å²) < 4.78 is 5.30. The van der Waals surface area contributed by atoms with Crippen molar-refractivity contribution in [3.63, 3.8) is 0 Å². The van der Waals surface area contributed by atoms with E-state index in [1.807, 2.05) is 60.7 Å². The Kier molecular flexibility index (Phi) is 9.45. The fourth-order valence-electron chi connectivity index (χ4n) is 2.82. The number of methoxy groups -OCH3 is 1. The van der Waals surface area contributed by atoms with E-state index in [1.54, 1.807) is 40.8 Å². The van der Waals surface area contributed by atoms with Crippen molar-refractivity contribution in [1.29, 1.82) is 0 Å². The van der Waals surface area contributed by atoms with Crippen LogP contribution in [0.2, 0.25) is 0 Å². The minimum absolute atomic E-state index is 0.0145. The van der Waals surface area contributed by atoms with Crippen LogP contribution < -0.4 is 0 Å². The summed E-state index contributed by atoms with van der Waals surface area (Å²) in [4.78, 5) is 14.8. The van der Waals surface area contributed by atoms with Crippen molar-refractivity contribution in [3.8, 4) is 0 Å². The molecule has 0 fully saturated rings. The Labute approximate surface area is 192 Å². The molecule has 4 rings (SSSR count). The molecule has 1 atom stereocenters. The van der Waals surface area contributed by atoms with Gasteiger partial charge in [-0.3, -0.25) is 4.79 Å². The van der Waals surface area contributed by atoms with E-state index in [0.29, 0.717) is 5.56 Å². The minimum atomic E-state index is -0.529. The highest BCUT2D eigenvalue weighted by molar-refractivity contribution is 8.76. The summed E-state index contributed by atoms with van der Waals surface area (Å²) in [6, 6.07) is 39.6. The number of hydrogen-bond acceptors (Lipinski definition) is 4. The van der Waals surface area contributed by atoms with Crippen molar-refractivity contribution >= 4 is 27.4 Å². The highest BCUT2D eigenvalue weighted by Crippen LogP contribution is 2.36. The second kappa shape index (κ2) is 12.8. The topological polar surface area (TPSA) is 26.3 Å². The number of carbonyl (C=O) groups excluding carboxylic acids is 1. The Morgan fingerprint density at radius 2 is 1.00 bits per heavy atom. The third-order valence-corrected chi connectivity index (χ3v) is 6.77. The number of benzene rings is 4. The maximum atomic E-state index is 12.3. The molecule has 1 unspecified atom stereocenters. The van der Waals surface area contributed by atoms with Crippen molar-refractivity contribution < 1.29 is 9.53 Å². The first-order valence-corrected chi connectivity index (χ1v) is 12.0. The van der Waals surface area contributed by atoms with E-state index < -0.39 is 6.10 Å². The van der Waals surface area contributed by atoms with E-state index in [9.17, 15) is 4.79 Å². The maximum Gasteiger partial charge on any atom is 0.196 e. The summed E-state index contributed by atoms with van der Waals surface area (Å²) in [5, 5.41) is 0. The molecule has 0 heterocycles. The third-order valence-electron chi connectivity index (χ3n) is 4.35. The summed E-state index contributed by atoms with van der Waals surface area (Å²) in [6.45, 7) is 0. The van der Waals surface area contributed by atoms with Gasteiger partial charge < -0.3 is 4.74 Å². The van der Waals surface area contributed by atoms with Crippen LogP contribution in [-0.2, 0) is 4.74 Å². The molecule has 0 spiro atoms. The molecular formula is C27H24O2S2. The molecule has 2 nitrogen and oxygen atoms in total. The standard InChI is InChI=1S/C15H14O2.C12H10S2/c1-17-15(13-10-6-3-7-11-13)14(16)12-8-4-2-5-9-12;1-3-7-11(8-4-1)13-14-12-9-5-2-6-10-12/h2-11,15H,1H3;1-10H. The molecule has 0 aliphatic heterocycles. The average Bonchev–Trinajstić information content (AvgIpc) is 2.86. The van der Waals surface area contributed by atoms with Crippen LogP contribution in [0.5, 0.6) is 0 Å². The fourth-order valence-corrected chi connectivity index (χ4v) is 4.80. The summed E-state index contributed by atoms with van der Waals surface area (Å²) in [5.74, 6) is -0.0145. The van der Waals surface area contributed by atoms with Gasteiger partial charge in [-0.2, -0.15) is 0 Å². The van der Waals surface area contributed by atoms with Gasteiger partial charge in [0.05, 0.1) is 0 Å². The molecule has 0 radical (unpaired) electrons. The van der Waals surface area contributed by atoms with E-state index in [2.05, 4.69) is 48.5 Å². The molecule has 0 aromatic heterocycles. The molecule has 0 amide bonds. The lowest BCUT2D eigenvalue weighted by Gasteiger charge is -2.14. The first kappa shape index (κ1) is 22.9. The summed E-state index contributed by atoms with van der Waals surface area (Å²) in [5.41, 5.74) is 1.55. The molecule has 0 bridgehead atoms. The normalized spacial score (nSPS) is 11.1. The minimum Gasteiger partial charge on any atom is -0.369 e. The third kappa shape index (κ3) is 7.44. The van der Waals surface area contributed by atoms with Crippen LogP contribution >= 0.6 is 21.6 Å². The first-order chi connectivity index (χ1) is 15.3. The molecule has 0 saturated heterocycles. The van der Waals surface area contributed by atoms with Gasteiger partial charge in [0.2, 0.25) is 0 Å². The van der Waals surface area contributed by atoms with Crippen molar-refractivity contribution in [2.75, 3.05) is 7.11 Å². The van der Waals surface area contributed by atoms with Crippen LogP contribution in [0.15, 0.2) is 131 Å². The molecule has 4 aromatic carbocycles. The van der Waals surface area contributed by atoms with E-state index in [0.717, 1.165) is 5.56 Å². The lowest BCUT2D eigenvalue weighted by molar-refractivity contribution is 0.0604. The Hall–Kier alpha value is -2.79. The second-order valence-corrected chi connectivity index (χ2v) is 8.83. The van der Waals surface area contributed by atoms with Crippen LogP contribution in [-0.4, -0.2) is 12.9 Å². The number of hydrogen-bond donors (Lipinski definition) is 0. The molecule has 0 N–H and O–H groups in total. The first-order valence-electron chi connectivity index (χ1n) is 9.89. The molecule has 0 aliphatic rings. The highest BCUT2D eigenvalue weighted by Gasteiger charge is 2.20. The van der Waals surface area contributed by atoms with E-state index >= 15 is 0 Å². The Morgan fingerprint density at radius 1 is 0.613 bits per heavy atom. The van der Waals surface area contributed by atoms with Crippen molar-refractivity contribution in [2.24, 2.45) is 0 Å². The zero-order valence-electron chi connectivity index (χ0n) is 17.3. The van der Waals surface area contributed by atoms with Crippen molar-refractivity contribution in [1.82, 2.24) is 0 Å². The molecule has 156 valence electrons. The monoisotopic (exact) mass is 444 g/mol. The summed E-state index contributed by atoms with van der Waals surface area (Å²) >= 11 is 0. The van der Waals surface area contributed by atoms with Gasteiger partial charge >= 0.3 is 0 Å². The zero-order valence-corrected chi connectivity index (χ0v) is 18.9. The molecule has 31 heavy (non-hydrogen) atoms. The molecular weight excluding hydrogens is 420 g/mol. The molecule has 0 saturated carbocycles.